The summed E-state index contributed by atoms with van der Waals surface area (Å²) in [6.45, 7) is 0. The molecule has 3 aromatic carbocycles. The van der Waals surface area contributed by atoms with Gasteiger partial charge >= 0.3 is 0 Å². The molecule has 0 aliphatic rings. The maximum Gasteiger partial charge on any atom is 0.203 e. The molecule has 0 aliphatic heterocycles. The number of para-hydroxylation sites is 1. The molecule has 0 bridgehead atoms. The topological polar surface area (TPSA) is 54.7 Å². The molecule has 0 amide bonds. The molecule has 0 N–H and O–H groups in total. The third kappa shape index (κ3) is 3.73. The molecular formula is C25H23FN2O4. The van der Waals surface area contributed by atoms with Gasteiger partial charge in [0, 0.05) is 16.8 Å². The fourth-order valence-electron chi connectivity index (χ4n) is 3.65. The van der Waals surface area contributed by atoms with E-state index in [1.54, 1.807) is 39.8 Å². The lowest BCUT2D eigenvalue weighted by Gasteiger charge is -2.16. The molecule has 4 rings (SSSR count). The van der Waals surface area contributed by atoms with Crippen LogP contribution in [0.25, 0.3) is 28.2 Å². The fourth-order valence-corrected chi connectivity index (χ4v) is 3.65. The summed E-state index contributed by atoms with van der Waals surface area (Å²) in [7, 11) is 6.12. The molecular weight excluding hydrogens is 411 g/mol. The zero-order valence-corrected chi connectivity index (χ0v) is 18.3. The van der Waals surface area contributed by atoms with Gasteiger partial charge in [-0.1, -0.05) is 18.2 Å². The molecule has 0 radical (unpaired) electrons. The van der Waals surface area contributed by atoms with Crippen LogP contribution in [0.2, 0.25) is 0 Å². The van der Waals surface area contributed by atoms with Gasteiger partial charge in [0.05, 0.1) is 39.8 Å². The Bertz CT molecular complexity index is 1210. The van der Waals surface area contributed by atoms with Crippen molar-refractivity contribution in [2.24, 2.45) is 0 Å². The van der Waals surface area contributed by atoms with Crippen LogP contribution in [0.3, 0.4) is 0 Å². The monoisotopic (exact) mass is 434 g/mol. The van der Waals surface area contributed by atoms with Gasteiger partial charge < -0.3 is 18.9 Å². The maximum atomic E-state index is 14.5. The molecule has 6 nitrogen and oxygen atoms in total. The van der Waals surface area contributed by atoms with Crippen molar-refractivity contribution < 1.29 is 23.3 Å². The van der Waals surface area contributed by atoms with E-state index in [-0.39, 0.29) is 5.75 Å². The molecule has 1 aromatic heterocycles. The summed E-state index contributed by atoms with van der Waals surface area (Å²) in [6, 6.07) is 18.3. The maximum absolute atomic E-state index is 14.5. The van der Waals surface area contributed by atoms with Gasteiger partial charge in [-0.15, -0.1) is 0 Å². The number of halogens is 1. The number of ether oxygens (including phenoxy) is 4. The number of aromatic nitrogens is 2. The first kappa shape index (κ1) is 21.2. The van der Waals surface area contributed by atoms with Gasteiger partial charge in [0.2, 0.25) is 5.75 Å². The smallest absolute Gasteiger partial charge is 0.203 e. The first-order valence-corrected chi connectivity index (χ1v) is 9.88. The van der Waals surface area contributed by atoms with Gasteiger partial charge in [-0.3, -0.25) is 4.57 Å². The minimum absolute atomic E-state index is 0.172. The predicted octanol–water partition coefficient (Wildman–Crippen LogP) is 5.38. The Morgan fingerprint density at radius 1 is 0.719 bits per heavy atom. The highest BCUT2D eigenvalue weighted by atomic mass is 19.1. The third-order valence-electron chi connectivity index (χ3n) is 5.17. The Hall–Kier alpha value is -4.00. The standard InChI is InChI=1S/C25H23FN2O4/c1-29-20-11-10-16(12-19(20)26)23-24(28(15-27-23)18-8-6-5-7-9-18)17-13-21(30-2)25(32-4)22(14-17)31-3/h5-15H,1-4H3. The Morgan fingerprint density at radius 2 is 1.38 bits per heavy atom. The number of benzene rings is 3. The molecule has 0 saturated carbocycles. The van der Waals surface area contributed by atoms with Crippen LogP contribution < -0.4 is 18.9 Å². The summed E-state index contributed by atoms with van der Waals surface area (Å²) < 4.78 is 38.1. The number of methoxy groups -OCH3 is 4. The second-order valence-electron chi connectivity index (χ2n) is 6.91. The van der Waals surface area contributed by atoms with Crippen molar-refractivity contribution in [3.05, 3.63) is 72.8 Å². The van der Waals surface area contributed by atoms with Crippen molar-refractivity contribution in [1.82, 2.24) is 9.55 Å². The Morgan fingerprint density at radius 3 is 1.94 bits per heavy atom. The zero-order valence-electron chi connectivity index (χ0n) is 18.3. The van der Waals surface area contributed by atoms with Crippen LogP contribution in [0.4, 0.5) is 4.39 Å². The van der Waals surface area contributed by atoms with Crippen molar-refractivity contribution in [3.63, 3.8) is 0 Å². The Labute approximate surface area is 185 Å². The lowest BCUT2D eigenvalue weighted by Crippen LogP contribution is -1.99. The van der Waals surface area contributed by atoms with E-state index < -0.39 is 5.82 Å². The van der Waals surface area contributed by atoms with Gasteiger partial charge in [0.1, 0.15) is 6.33 Å². The highest BCUT2D eigenvalue weighted by Gasteiger charge is 2.21. The van der Waals surface area contributed by atoms with E-state index in [9.17, 15) is 4.39 Å². The average molecular weight is 434 g/mol. The van der Waals surface area contributed by atoms with E-state index in [1.807, 2.05) is 47.0 Å². The van der Waals surface area contributed by atoms with Crippen molar-refractivity contribution in [2.75, 3.05) is 28.4 Å². The summed E-state index contributed by atoms with van der Waals surface area (Å²) >= 11 is 0. The molecule has 0 fully saturated rings. The minimum atomic E-state index is -0.463. The number of hydrogen-bond donors (Lipinski definition) is 0. The van der Waals surface area contributed by atoms with Crippen LogP contribution in [0.5, 0.6) is 23.0 Å². The molecule has 0 spiro atoms. The number of hydrogen-bond acceptors (Lipinski definition) is 5. The highest BCUT2D eigenvalue weighted by molar-refractivity contribution is 5.82. The average Bonchev–Trinajstić information content (AvgIpc) is 3.28. The van der Waals surface area contributed by atoms with E-state index in [0.717, 1.165) is 16.9 Å². The summed E-state index contributed by atoms with van der Waals surface area (Å²) in [4.78, 5) is 4.63. The summed E-state index contributed by atoms with van der Waals surface area (Å²) in [6.07, 6.45) is 1.71. The van der Waals surface area contributed by atoms with Gasteiger partial charge in [-0.05, 0) is 42.5 Å². The normalized spacial score (nSPS) is 10.7. The van der Waals surface area contributed by atoms with Crippen molar-refractivity contribution in [2.45, 2.75) is 0 Å². The van der Waals surface area contributed by atoms with Crippen LogP contribution in [0, 0.1) is 5.82 Å². The minimum Gasteiger partial charge on any atom is -0.494 e. The molecule has 0 aliphatic carbocycles. The van der Waals surface area contributed by atoms with Crippen LogP contribution in [-0.2, 0) is 0 Å². The second kappa shape index (κ2) is 9.01. The van der Waals surface area contributed by atoms with E-state index in [1.165, 1.54) is 13.2 Å². The Balaban J connectivity index is 2.00. The first-order valence-electron chi connectivity index (χ1n) is 9.88. The zero-order chi connectivity index (χ0) is 22.7. The third-order valence-corrected chi connectivity index (χ3v) is 5.17. The summed E-state index contributed by atoms with van der Waals surface area (Å²) in [5.74, 6) is 1.21. The molecule has 164 valence electrons. The summed E-state index contributed by atoms with van der Waals surface area (Å²) in [5.41, 5.74) is 3.64. The van der Waals surface area contributed by atoms with Gasteiger partial charge in [-0.2, -0.15) is 0 Å². The lowest BCUT2D eigenvalue weighted by atomic mass is 10.0. The fraction of sp³-hybridized carbons (Fsp3) is 0.160. The van der Waals surface area contributed by atoms with E-state index in [0.29, 0.717) is 28.5 Å². The van der Waals surface area contributed by atoms with Crippen LogP contribution >= 0.6 is 0 Å². The molecule has 4 aromatic rings. The largest absolute Gasteiger partial charge is 0.494 e. The van der Waals surface area contributed by atoms with Crippen LogP contribution in [0.15, 0.2) is 67.0 Å². The molecule has 0 saturated heterocycles. The molecule has 0 atom stereocenters. The van der Waals surface area contributed by atoms with Crippen molar-refractivity contribution >= 4 is 0 Å². The van der Waals surface area contributed by atoms with Crippen molar-refractivity contribution in [3.8, 4) is 51.2 Å². The number of nitrogens with zero attached hydrogens (tertiary/aromatic N) is 2. The van der Waals surface area contributed by atoms with Gasteiger partial charge in [0.25, 0.3) is 0 Å². The van der Waals surface area contributed by atoms with E-state index in [2.05, 4.69) is 4.98 Å². The van der Waals surface area contributed by atoms with Crippen LogP contribution in [0.1, 0.15) is 0 Å². The quantitative estimate of drug-likeness (QED) is 0.391. The molecule has 7 heteroatoms. The van der Waals surface area contributed by atoms with Crippen molar-refractivity contribution in [1.29, 1.82) is 0 Å². The summed E-state index contributed by atoms with van der Waals surface area (Å²) in [5, 5.41) is 0. The molecule has 1 heterocycles. The predicted molar refractivity (Wildman–Crippen MR) is 121 cm³/mol. The second-order valence-corrected chi connectivity index (χ2v) is 6.91. The van der Waals surface area contributed by atoms with Gasteiger partial charge in [-0.25, -0.2) is 9.37 Å². The molecule has 0 unspecified atom stereocenters. The van der Waals surface area contributed by atoms with Gasteiger partial charge in [0.15, 0.2) is 23.1 Å². The lowest BCUT2D eigenvalue weighted by molar-refractivity contribution is 0.324. The first-order chi connectivity index (χ1) is 15.6. The Kier molecular flexibility index (Phi) is 5.98. The molecule has 32 heavy (non-hydrogen) atoms. The number of rotatable bonds is 7. The van der Waals surface area contributed by atoms with E-state index >= 15 is 0 Å². The SMILES string of the molecule is COc1ccc(-c2ncn(-c3ccccc3)c2-c2cc(OC)c(OC)c(OC)c2)cc1F. The van der Waals surface area contributed by atoms with Crippen LogP contribution in [-0.4, -0.2) is 38.0 Å². The van der Waals surface area contributed by atoms with E-state index in [4.69, 9.17) is 18.9 Å². The number of imidazole rings is 1. The highest BCUT2D eigenvalue weighted by Crippen LogP contribution is 2.44.